The van der Waals surface area contributed by atoms with E-state index in [1.54, 1.807) is 4.90 Å². The number of nitrogens with zero attached hydrogens (tertiary/aromatic N) is 1. The molecule has 1 rings (SSSR count). The van der Waals surface area contributed by atoms with E-state index < -0.39 is 12.0 Å². The van der Waals surface area contributed by atoms with Crippen LogP contribution in [0.4, 0.5) is 0 Å². The van der Waals surface area contributed by atoms with E-state index in [1.807, 2.05) is 0 Å². The zero-order chi connectivity index (χ0) is 11.4. The lowest BCUT2D eigenvalue weighted by molar-refractivity contribution is -0.138. The van der Waals surface area contributed by atoms with Crippen molar-refractivity contribution in [1.82, 2.24) is 10.2 Å². The van der Waals surface area contributed by atoms with Gasteiger partial charge in [0.25, 0.3) is 0 Å². The number of rotatable bonds is 5. The lowest BCUT2D eigenvalue weighted by atomic mass is 10.1. The Morgan fingerprint density at radius 3 is 2.87 bits per heavy atom. The number of nitrogens with one attached hydrogen (secondary N) is 2. The molecule has 0 aromatic rings. The van der Waals surface area contributed by atoms with Crippen molar-refractivity contribution in [3.63, 3.8) is 0 Å². The fourth-order valence-electron chi connectivity index (χ4n) is 1.32. The Morgan fingerprint density at radius 1 is 1.73 bits per heavy atom. The van der Waals surface area contributed by atoms with Gasteiger partial charge in [0.1, 0.15) is 12.6 Å². The summed E-state index contributed by atoms with van der Waals surface area (Å²) in [7, 11) is 0. The number of guanidine groups is 1. The fourth-order valence-corrected chi connectivity index (χ4v) is 1.32. The topological polar surface area (TPSA) is 120 Å². The van der Waals surface area contributed by atoms with E-state index in [9.17, 15) is 9.59 Å². The van der Waals surface area contributed by atoms with Crippen molar-refractivity contribution in [2.75, 3.05) is 13.1 Å². The molecule has 1 saturated heterocycles. The van der Waals surface area contributed by atoms with E-state index in [0.717, 1.165) is 0 Å². The number of amides is 1. The van der Waals surface area contributed by atoms with E-state index in [0.29, 0.717) is 19.4 Å². The first-order valence-electron chi connectivity index (χ1n) is 4.62. The van der Waals surface area contributed by atoms with Crippen LogP contribution in [0.1, 0.15) is 12.8 Å². The third-order valence-electron chi connectivity index (χ3n) is 2.17. The number of carbonyl (C=O) groups is 2. The molecule has 1 aliphatic heterocycles. The highest BCUT2D eigenvalue weighted by atomic mass is 16.4. The van der Waals surface area contributed by atoms with Crippen LogP contribution in [0.2, 0.25) is 0 Å². The summed E-state index contributed by atoms with van der Waals surface area (Å²) in [5.41, 5.74) is 5.31. The van der Waals surface area contributed by atoms with Gasteiger partial charge in [0.15, 0.2) is 5.96 Å². The van der Waals surface area contributed by atoms with Crippen molar-refractivity contribution in [2.45, 2.75) is 18.9 Å². The van der Waals surface area contributed by atoms with Crippen molar-refractivity contribution in [2.24, 2.45) is 5.73 Å². The molecule has 0 unspecified atom stereocenters. The molecule has 7 heteroatoms. The van der Waals surface area contributed by atoms with Crippen LogP contribution in [0.15, 0.2) is 0 Å². The van der Waals surface area contributed by atoms with E-state index in [2.05, 4.69) is 5.32 Å². The molecule has 0 spiro atoms. The Kier molecular flexibility index (Phi) is 3.62. The third kappa shape index (κ3) is 3.21. The number of carboxylic acid groups (broad SMARTS) is 1. The molecule has 0 saturated carbocycles. The van der Waals surface area contributed by atoms with Crippen LogP contribution in [-0.2, 0) is 9.59 Å². The smallest absolute Gasteiger partial charge is 0.320 e. The van der Waals surface area contributed by atoms with E-state index in [1.165, 1.54) is 0 Å². The number of hydrogen-bond donors (Lipinski definition) is 4. The summed E-state index contributed by atoms with van der Waals surface area (Å²) in [6.45, 7) is 0.639. The van der Waals surface area contributed by atoms with E-state index in [-0.39, 0.29) is 18.4 Å². The summed E-state index contributed by atoms with van der Waals surface area (Å²) < 4.78 is 0. The predicted molar refractivity (Wildman–Crippen MR) is 52.3 cm³/mol. The van der Waals surface area contributed by atoms with Gasteiger partial charge in [0.2, 0.25) is 5.91 Å². The number of carbonyl (C=O) groups excluding carboxylic acids is 1. The largest absolute Gasteiger partial charge is 0.480 e. The van der Waals surface area contributed by atoms with Crippen LogP contribution in [-0.4, -0.2) is 47.0 Å². The lowest BCUT2D eigenvalue weighted by Gasteiger charge is -2.15. The third-order valence-corrected chi connectivity index (χ3v) is 2.17. The van der Waals surface area contributed by atoms with Gasteiger partial charge in [-0.25, -0.2) is 0 Å². The maximum absolute atomic E-state index is 10.9. The molecule has 0 bridgehead atoms. The summed E-state index contributed by atoms with van der Waals surface area (Å²) >= 11 is 0. The molecule has 7 nitrogen and oxygen atoms in total. The quantitative estimate of drug-likeness (QED) is 0.446. The van der Waals surface area contributed by atoms with Gasteiger partial charge in [-0.15, -0.1) is 0 Å². The van der Waals surface area contributed by atoms with E-state index in [4.69, 9.17) is 16.2 Å². The number of nitrogens with two attached hydrogens (primary N) is 1. The first-order valence-corrected chi connectivity index (χ1v) is 4.62. The molecule has 0 aromatic carbocycles. The van der Waals surface area contributed by atoms with Gasteiger partial charge < -0.3 is 15.7 Å². The average Bonchev–Trinajstić information content (AvgIpc) is 2.45. The lowest BCUT2D eigenvalue weighted by Crippen LogP contribution is -2.33. The minimum Gasteiger partial charge on any atom is -0.480 e. The molecule has 1 atom stereocenters. The molecule has 1 amide bonds. The SMILES string of the molecule is N=C1NC(=O)CN1CCC[C@H](N)C(=O)O. The number of carboxylic acids is 1. The molecule has 1 heterocycles. The molecular weight excluding hydrogens is 200 g/mol. The summed E-state index contributed by atoms with van der Waals surface area (Å²) in [6, 6.07) is -0.870. The summed E-state index contributed by atoms with van der Waals surface area (Å²) in [4.78, 5) is 22.8. The molecule has 0 radical (unpaired) electrons. The van der Waals surface area contributed by atoms with Gasteiger partial charge in [-0.3, -0.25) is 20.3 Å². The maximum Gasteiger partial charge on any atom is 0.320 e. The van der Waals surface area contributed by atoms with Gasteiger partial charge in [0.05, 0.1) is 0 Å². The Morgan fingerprint density at radius 2 is 2.40 bits per heavy atom. The predicted octanol–water partition coefficient (Wildman–Crippen LogP) is -1.45. The highest BCUT2D eigenvalue weighted by molar-refractivity contribution is 6.02. The molecule has 0 aromatic heterocycles. The normalized spacial score (nSPS) is 17.8. The van der Waals surface area contributed by atoms with Gasteiger partial charge in [0, 0.05) is 6.54 Å². The summed E-state index contributed by atoms with van der Waals surface area (Å²) in [5.74, 6) is -1.16. The van der Waals surface area contributed by atoms with E-state index >= 15 is 0 Å². The monoisotopic (exact) mass is 214 g/mol. The Bertz CT molecular complexity index is 292. The van der Waals surface area contributed by atoms with Crippen LogP contribution in [0.5, 0.6) is 0 Å². The van der Waals surface area contributed by atoms with Crippen LogP contribution in [0, 0.1) is 5.41 Å². The minimum absolute atomic E-state index is 0.0731. The zero-order valence-electron chi connectivity index (χ0n) is 8.19. The molecule has 0 aliphatic carbocycles. The molecule has 84 valence electrons. The molecule has 1 aliphatic rings. The highest BCUT2D eigenvalue weighted by Crippen LogP contribution is 2.02. The van der Waals surface area contributed by atoms with Crippen LogP contribution in [0.25, 0.3) is 0 Å². The maximum atomic E-state index is 10.9. The molecule has 1 fully saturated rings. The van der Waals surface area contributed by atoms with Crippen molar-refractivity contribution < 1.29 is 14.7 Å². The Labute approximate surface area is 86.7 Å². The second-order valence-electron chi connectivity index (χ2n) is 3.41. The van der Waals surface area contributed by atoms with Crippen LogP contribution in [0.3, 0.4) is 0 Å². The number of aliphatic carboxylic acids is 1. The summed E-state index contributed by atoms with van der Waals surface area (Å²) in [5, 5.41) is 18.2. The van der Waals surface area contributed by atoms with Crippen molar-refractivity contribution in [3.8, 4) is 0 Å². The average molecular weight is 214 g/mol. The van der Waals surface area contributed by atoms with Gasteiger partial charge in [-0.05, 0) is 12.8 Å². The van der Waals surface area contributed by atoms with Crippen molar-refractivity contribution in [1.29, 1.82) is 5.41 Å². The molecular formula is C8H14N4O3. The first kappa shape index (κ1) is 11.4. The van der Waals surface area contributed by atoms with Crippen molar-refractivity contribution >= 4 is 17.8 Å². The standard InChI is InChI=1S/C8H14N4O3/c9-5(7(14)15)2-1-3-12-4-6(13)11-8(12)10/h5H,1-4,9H2,(H,14,15)(H2,10,11,13)/t5-/m0/s1. The zero-order valence-corrected chi connectivity index (χ0v) is 8.19. The fraction of sp³-hybridized carbons (Fsp3) is 0.625. The summed E-state index contributed by atoms with van der Waals surface area (Å²) in [6.07, 6.45) is 0.887. The van der Waals surface area contributed by atoms with Crippen LogP contribution < -0.4 is 11.1 Å². The first-order chi connectivity index (χ1) is 7.00. The van der Waals surface area contributed by atoms with Crippen molar-refractivity contribution in [3.05, 3.63) is 0 Å². The van der Waals surface area contributed by atoms with Gasteiger partial charge >= 0.3 is 5.97 Å². The molecule has 5 N–H and O–H groups in total. The molecule has 15 heavy (non-hydrogen) atoms. The highest BCUT2D eigenvalue weighted by Gasteiger charge is 2.23. The Balaban J connectivity index is 2.23. The second-order valence-corrected chi connectivity index (χ2v) is 3.41. The van der Waals surface area contributed by atoms with Crippen LogP contribution >= 0.6 is 0 Å². The Hall–Kier alpha value is -1.63. The number of hydrogen-bond acceptors (Lipinski definition) is 4. The van der Waals surface area contributed by atoms with Gasteiger partial charge in [-0.1, -0.05) is 0 Å². The second kappa shape index (κ2) is 4.74. The van der Waals surface area contributed by atoms with Gasteiger partial charge in [-0.2, -0.15) is 0 Å². The minimum atomic E-state index is -1.03.